The first-order valence-corrected chi connectivity index (χ1v) is 11.7. The second-order valence-electron chi connectivity index (χ2n) is 8.20. The van der Waals surface area contributed by atoms with Crippen LogP contribution >= 0.6 is 0 Å². The largest absolute Gasteiger partial charge is 0.481 e. The number of anilines is 1. The highest BCUT2D eigenvalue weighted by molar-refractivity contribution is 7.93. The molecule has 3 aliphatic rings. The molecule has 2 atom stereocenters. The Morgan fingerprint density at radius 3 is 2.38 bits per heavy atom. The van der Waals surface area contributed by atoms with E-state index in [4.69, 9.17) is 0 Å². The Bertz CT molecular complexity index is 1090. The van der Waals surface area contributed by atoms with E-state index in [2.05, 4.69) is 0 Å². The number of carboxylic acid groups (broad SMARTS) is 1. The molecular weight excluding hydrogens is 452 g/mol. The van der Waals surface area contributed by atoms with E-state index < -0.39 is 39.5 Å². The quantitative estimate of drug-likeness (QED) is 0.675. The molecule has 1 saturated carbocycles. The molecule has 1 heterocycles. The molecular formula is C21H22F4N2O4S. The molecule has 2 unspecified atom stereocenters. The molecule has 0 bridgehead atoms. The van der Waals surface area contributed by atoms with Crippen LogP contribution in [0.25, 0.3) is 0 Å². The van der Waals surface area contributed by atoms with Crippen LogP contribution in [0.2, 0.25) is 0 Å². The molecule has 4 rings (SSSR count). The number of nitrogens with zero attached hydrogens (tertiary/aromatic N) is 2. The van der Waals surface area contributed by atoms with Gasteiger partial charge >= 0.3 is 12.1 Å². The van der Waals surface area contributed by atoms with Crippen molar-refractivity contribution < 1.29 is 35.9 Å². The maximum Gasteiger partial charge on any atom is 0.419 e. The third-order valence-electron chi connectivity index (χ3n) is 6.39. The van der Waals surface area contributed by atoms with E-state index in [1.165, 1.54) is 16.4 Å². The van der Waals surface area contributed by atoms with Gasteiger partial charge < -0.3 is 10.0 Å². The number of rotatable bonds is 4. The summed E-state index contributed by atoms with van der Waals surface area (Å²) >= 11 is 0. The van der Waals surface area contributed by atoms with Crippen molar-refractivity contribution in [1.29, 1.82) is 0 Å². The lowest BCUT2D eigenvalue weighted by molar-refractivity contribution is -0.141. The lowest BCUT2D eigenvalue weighted by Crippen LogP contribution is -2.49. The average molecular weight is 474 g/mol. The van der Waals surface area contributed by atoms with E-state index in [0.717, 1.165) is 12.5 Å². The zero-order valence-electron chi connectivity index (χ0n) is 17.0. The Morgan fingerprint density at radius 1 is 1.09 bits per heavy atom. The normalized spacial score (nSPS) is 24.7. The molecule has 174 valence electrons. The number of sulfonamides is 1. The number of halogens is 4. The zero-order chi connectivity index (χ0) is 23.3. The molecule has 1 N–H and O–H groups in total. The Kier molecular flexibility index (Phi) is 5.83. The van der Waals surface area contributed by atoms with Gasteiger partial charge in [-0.05, 0) is 49.5 Å². The Balaban J connectivity index is 1.46. The van der Waals surface area contributed by atoms with E-state index in [1.807, 2.05) is 0 Å². The van der Waals surface area contributed by atoms with Crippen molar-refractivity contribution in [1.82, 2.24) is 4.31 Å². The van der Waals surface area contributed by atoms with Gasteiger partial charge in [0, 0.05) is 31.9 Å². The van der Waals surface area contributed by atoms with Gasteiger partial charge in [-0.3, -0.25) is 4.79 Å². The minimum atomic E-state index is -4.78. The number of piperazine rings is 1. The summed E-state index contributed by atoms with van der Waals surface area (Å²) in [4.78, 5) is 13.2. The minimum Gasteiger partial charge on any atom is -0.481 e. The third-order valence-corrected chi connectivity index (χ3v) is 8.31. The van der Waals surface area contributed by atoms with E-state index in [9.17, 15) is 35.9 Å². The monoisotopic (exact) mass is 474 g/mol. The van der Waals surface area contributed by atoms with Crippen molar-refractivity contribution in [3.8, 4) is 0 Å². The number of alkyl halides is 3. The highest BCUT2D eigenvalue weighted by Gasteiger charge is 2.39. The molecule has 0 aromatic heterocycles. The second-order valence-corrected chi connectivity index (χ2v) is 10.1. The van der Waals surface area contributed by atoms with Crippen molar-refractivity contribution in [2.75, 3.05) is 31.1 Å². The van der Waals surface area contributed by atoms with Gasteiger partial charge in [-0.2, -0.15) is 17.5 Å². The standard InChI is InChI=1S/C21H22F4N2O4S/c22-19-11-14(3-6-18(19)21(23,24)25)26-7-9-27(10-8-26)32(30,31)15-4-1-13-2-5-16(20(28)29)17(13)12-15/h3-4,6,11-13,16H,1-2,5,7-10H2,(H,28,29). The molecule has 2 aliphatic carbocycles. The van der Waals surface area contributed by atoms with Gasteiger partial charge in [0.25, 0.3) is 0 Å². The van der Waals surface area contributed by atoms with Crippen LogP contribution in [0.5, 0.6) is 0 Å². The molecule has 6 nitrogen and oxygen atoms in total. The Morgan fingerprint density at radius 2 is 1.78 bits per heavy atom. The number of allylic oxidation sites excluding steroid dienone is 2. The van der Waals surface area contributed by atoms with E-state index >= 15 is 0 Å². The van der Waals surface area contributed by atoms with Crippen LogP contribution < -0.4 is 4.90 Å². The summed E-state index contributed by atoms with van der Waals surface area (Å²) in [5.41, 5.74) is -0.438. The summed E-state index contributed by atoms with van der Waals surface area (Å²) in [6.07, 6.45) is 0.0349. The van der Waals surface area contributed by atoms with E-state index in [1.54, 1.807) is 11.0 Å². The summed E-state index contributed by atoms with van der Waals surface area (Å²) in [6, 6.07) is 2.67. The zero-order valence-corrected chi connectivity index (χ0v) is 17.8. The fourth-order valence-corrected chi connectivity index (χ4v) is 6.19. The first kappa shape index (κ1) is 22.8. The highest BCUT2D eigenvalue weighted by atomic mass is 32.2. The van der Waals surface area contributed by atoms with Gasteiger partial charge in [-0.15, -0.1) is 0 Å². The number of hydrogen-bond acceptors (Lipinski definition) is 4. The third kappa shape index (κ3) is 4.15. The molecule has 0 radical (unpaired) electrons. The molecule has 0 spiro atoms. The van der Waals surface area contributed by atoms with Crippen LogP contribution in [0.4, 0.5) is 23.2 Å². The first-order valence-electron chi connectivity index (χ1n) is 10.2. The fourth-order valence-electron chi connectivity index (χ4n) is 4.65. The molecule has 0 amide bonds. The molecule has 1 aromatic carbocycles. The molecule has 1 aliphatic heterocycles. The molecule has 32 heavy (non-hydrogen) atoms. The van der Waals surface area contributed by atoms with Crippen molar-refractivity contribution in [3.63, 3.8) is 0 Å². The van der Waals surface area contributed by atoms with Crippen LogP contribution in [0.1, 0.15) is 24.8 Å². The average Bonchev–Trinajstić information content (AvgIpc) is 3.16. The van der Waals surface area contributed by atoms with Gasteiger partial charge in [-0.1, -0.05) is 11.6 Å². The van der Waals surface area contributed by atoms with Gasteiger partial charge in [0.1, 0.15) is 5.82 Å². The van der Waals surface area contributed by atoms with Crippen LogP contribution in [0.3, 0.4) is 0 Å². The van der Waals surface area contributed by atoms with Gasteiger partial charge in [-0.25, -0.2) is 12.8 Å². The lowest BCUT2D eigenvalue weighted by Gasteiger charge is -2.36. The van der Waals surface area contributed by atoms with Gasteiger partial charge in [0.15, 0.2) is 0 Å². The van der Waals surface area contributed by atoms with E-state index in [-0.39, 0.29) is 42.7 Å². The van der Waals surface area contributed by atoms with Gasteiger partial charge in [0.05, 0.1) is 16.4 Å². The Hall–Kier alpha value is -2.40. The Labute approximate surface area is 182 Å². The minimum absolute atomic E-state index is 0.0569. The van der Waals surface area contributed by atoms with Gasteiger partial charge in [0.2, 0.25) is 10.0 Å². The first-order chi connectivity index (χ1) is 15.0. The molecule has 1 saturated heterocycles. The SMILES string of the molecule is O=C(O)C1CCC2CC=C(S(=O)(=O)N3CCN(c4ccc(C(F)(F)F)c(F)c4)CC3)C=C21. The van der Waals surface area contributed by atoms with Crippen molar-refractivity contribution in [3.05, 3.63) is 52.2 Å². The van der Waals surface area contributed by atoms with Crippen LogP contribution in [0.15, 0.2) is 40.8 Å². The topological polar surface area (TPSA) is 77.9 Å². The highest BCUT2D eigenvalue weighted by Crippen LogP contribution is 2.43. The second kappa shape index (κ2) is 8.18. The number of carbonyl (C=O) groups is 1. The number of hydrogen-bond donors (Lipinski definition) is 1. The molecule has 1 aromatic rings. The summed E-state index contributed by atoms with van der Waals surface area (Å²) in [5, 5.41) is 9.39. The van der Waals surface area contributed by atoms with Crippen molar-refractivity contribution in [2.24, 2.45) is 11.8 Å². The smallest absolute Gasteiger partial charge is 0.419 e. The summed E-state index contributed by atoms with van der Waals surface area (Å²) in [7, 11) is -3.84. The lowest BCUT2D eigenvalue weighted by atomic mass is 9.90. The van der Waals surface area contributed by atoms with Crippen molar-refractivity contribution in [2.45, 2.75) is 25.4 Å². The number of fused-ring (bicyclic) bond motifs is 1. The summed E-state index contributed by atoms with van der Waals surface area (Å²) < 4.78 is 79.7. The number of carboxylic acids is 1. The number of benzene rings is 1. The van der Waals surface area contributed by atoms with Crippen LogP contribution in [0, 0.1) is 17.7 Å². The number of aliphatic carboxylic acids is 1. The summed E-state index contributed by atoms with van der Waals surface area (Å²) in [5.74, 6) is -2.93. The maximum atomic E-state index is 13.9. The molecule has 2 fully saturated rings. The van der Waals surface area contributed by atoms with Crippen LogP contribution in [-0.2, 0) is 21.0 Å². The summed E-state index contributed by atoms with van der Waals surface area (Å²) in [6.45, 7) is 0.539. The molecule has 11 heteroatoms. The van der Waals surface area contributed by atoms with Crippen LogP contribution in [-0.4, -0.2) is 50.0 Å². The van der Waals surface area contributed by atoms with Crippen molar-refractivity contribution >= 4 is 21.7 Å². The van der Waals surface area contributed by atoms with E-state index in [0.29, 0.717) is 24.5 Å². The predicted octanol–water partition coefficient (Wildman–Crippen LogP) is 3.62. The fraction of sp³-hybridized carbons (Fsp3) is 0.476. The maximum absolute atomic E-state index is 13.9. The predicted molar refractivity (Wildman–Crippen MR) is 109 cm³/mol.